The molecule has 0 amide bonds. The van der Waals surface area contributed by atoms with Crippen LogP contribution in [0.25, 0.3) is 0 Å². The molecule has 0 saturated heterocycles. The van der Waals surface area contributed by atoms with Gasteiger partial charge in [0.05, 0.1) is 6.10 Å². The number of carbonyl (C=O) groups is 1. The molecule has 4 aliphatic rings. The van der Waals surface area contributed by atoms with E-state index in [1.54, 1.807) is 0 Å². The topological polar surface area (TPSA) is 37.3 Å². The Labute approximate surface area is 132 Å². The summed E-state index contributed by atoms with van der Waals surface area (Å²) in [7, 11) is 0. The fourth-order valence-electron chi connectivity index (χ4n) is 7.06. The summed E-state index contributed by atoms with van der Waals surface area (Å²) in [6, 6.07) is 0. The highest BCUT2D eigenvalue weighted by Gasteiger charge is 2.64. The quantitative estimate of drug-likeness (QED) is 0.737. The summed E-state index contributed by atoms with van der Waals surface area (Å²) < 4.78 is 14.2. The first kappa shape index (κ1) is 15.1. The average Bonchev–Trinajstić information content (AvgIpc) is 2.70. The van der Waals surface area contributed by atoms with Crippen LogP contribution in [0.2, 0.25) is 0 Å². The zero-order valence-electron chi connectivity index (χ0n) is 13.9. The van der Waals surface area contributed by atoms with Crippen LogP contribution in [-0.4, -0.2) is 23.2 Å². The van der Waals surface area contributed by atoms with Crippen molar-refractivity contribution in [1.82, 2.24) is 0 Å². The SMILES string of the molecule is C[C@]12CCCCC1CC[C@@H]1[C@H]2C(=O)C[C@]2(C)C(O)C(F)C[C@@H]12. The van der Waals surface area contributed by atoms with Gasteiger partial charge in [-0.15, -0.1) is 0 Å². The maximum atomic E-state index is 14.2. The summed E-state index contributed by atoms with van der Waals surface area (Å²) >= 11 is 0. The standard InChI is InChI=1S/C19H29FO2/c1-18-8-4-3-5-11(18)6-7-12-13-9-14(20)17(22)19(13,2)10-15(21)16(12)18/h11-14,16-17,22H,3-10H2,1-2H3/t11?,12-,13-,14?,16-,17?,18-,19-/m0/s1. The normalized spacial score (nSPS) is 57.9. The monoisotopic (exact) mass is 308 g/mol. The van der Waals surface area contributed by atoms with Crippen molar-refractivity contribution in [3.63, 3.8) is 0 Å². The summed E-state index contributed by atoms with van der Waals surface area (Å²) in [5.74, 6) is 1.64. The van der Waals surface area contributed by atoms with E-state index in [0.717, 1.165) is 12.8 Å². The number of aliphatic hydroxyl groups is 1. The molecule has 8 atom stereocenters. The first-order valence-electron chi connectivity index (χ1n) is 9.23. The average molecular weight is 308 g/mol. The van der Waals surface area contributed by atoms with Crippen LogP contribution in [0.5, 0.6) is 0 Å². The maximum absolute atomic E-state index is 14.2. The Kier molecular flexibility index (Phi) is 3.28. The van der Waals surface area contributed by atoms with Crippen LogP contribution in [0.4, 0.5) is 4.39 Å². The lowest BCUT2D eigenvalue weighted by molar-refractivity contribution is -0.160. The molecule has 124 valence electrons. The third-order valence-corrected chi connectivity index (χ3v) is 8.20. The van der Waals surface area contributed by atoms with Crippen molar-refractivity contribution in [2.45, 2.75) is 77.5 Å². The molecule has 0 bridgehead atoms. The number of rotatable bonds is 0. The molecule has 0 heterocycles. The van der Waals surface area contributed by atoms with E-state index >= 15 is 0 Å². The molecule has 4 fully saturated rings. The van der Waals surface area contributed by atoms with E-state index in [4.69, 9.17) is 0 Å². The van der Waals surface area contributed by atoms with Crippen molar-refractivity contribution < 1.29 is 14.3 Å². The molecule has 0 aromatic rings. The number of alkyl halides is 1. The lowest BCUT2D eigenvalue weighted by Crippen LogP contribution is -2.57. The van der Waals surface area contributed by atoms with E-state index in [1.807, 2.05) is 6.92 Å². The minimum absolute atomic E-state index is 0.127. The number of halogens is 1. The van der Waals surface area contributed by atoms with Gasteiger partial charge in [0.25, 0.3) is 0 Å². The van der Waals surface area contributed by atoms with Gasteiger partial charge in [0, 0.05) is 17.8 Å². The summed E-state index contributed by atoms with van der Waals surface area (Å²) in [4.78, 5) is 13.1. The summed E-state index contributed by atoms with van der Waals surface area (Å²) in [5, 5.41) is 10.3. The molecule has 1 N–H and O–H groups in total. The molecular weight excluding hydrogens is 279 g/mol. The second-order valence-electron chi connectivity index (χ2n) is 9.12. The Morgan fingerprint density at radius 1 is 1.14 bits per heavy atom. The Bertz CT molecular complexity index is 492. The van der Waals surface area contributed by atoms with Gasteiger partial charge >= 0.3 is 0 Å². The van der Waals surface area contributed by atoms with Gasteiger partial charge in [0.1, 0.15) is 12.0 Å². The van der Waals surface area contributed by atoms with Crippen molar-refractivity contribution in [2.75, 3.05) is 0 Å². The van der Waals surface area contributed by atoms with Crippen LogP contribution in [0.15, 0.2) is 0 Å². The number of aliphatic hydroxyl groups excluding tert-OH is 1. The van der Waals surface area contributed by atoms with Gasteiger partial charge in [-0.25, -0.2) is 4.39 Å². The van der Waals surface area contributed by atoms with E-state index in [0.29, 0.717) is 30.5 Å². The van der Waals surface area contributed by atoms with Crippen LogP contribution >= 0.6 is 0 Å². The van der Waals surface area contributed by atoms with Crippen molar-refractivity contribution in [3.8, 4) is 0 Å². The van der Waals surface area contributed by atoms with Gasteiger partial charge in [0.15, 0.2) is 0 Å². The van der Waals surface area contributed by atoms with Gasteiger partial charge in [-0.2, -0.15) is 0 Å². The minimum Gasteiger partial charge on any atom is -0.390 e. The molecule has 4 aliphatic carbocycles. The lowest BCUT2D eigenvalue weighted by Gasteiger charge is -2.59. The molecule has 0 aliphatic heterocycles. The number of hydrogen-bond acceptors (Lipinski definition) is 2. The predicted octanol–water partition coefficient (Wildman–Crippen LogP) is 3.91. The van der Waals surface area contributed by atoms with Gasteiger partial charge < -0.3 is 5.11 Å². The van der Waals surface area contributed by atoms with Crippen molar-refractivity contribution in [1.29, 1.82) is 0 Å². The van der Waals surface area contributed by atoms with Gasteiger partial charge in [-0.3, -0.25) is 4.79 Å². The van der Waals surface area contributed by atoms with E-state index in [1.165, 1.54) is 25.7 Å². The van der Waals surface area contributed by atoms with Crippen LogP contribution in [0.1, 0.15) is 65.2 Å². The fourth-order valence-corrected chi connectivity index (χ4v) is 7.06. The number of Topliss-reactive ketones (excluding diaryl/α,β-unsaturated/α-hetero) is 1. The van der Waals surface area contributed by atoms with Crippen LogP contribution in [-0.2, 0) is 4.79 Å². The third-order valence-electron chi connectivity index (χ3n) is 8.20. The molecule has 4 saturated carbocycles. The number of fused-ring (bicyclic) bond motifs is 5. The molecule has 0 aromatic heterocycles. The molecule has 22 heavy (non-hydrogen) atoms. The Morgan fingerprint density at radius 2 is 1.91 bits per heavy atom. The van der Waals surface area contributed by atoms with Crippen molar-refractivity contribution in [2.24, 2.45) is 34.5 Å². The molecule has 3 unspecified atom stereocenters. The number of hydrogen-bond donors (Lipinski definition) is 1. The van der Waals surface area contributed by atoms with Crippen molar-refractivity contribution in [3.05, 3.63) is 0 Å². The smallest absolute Gasteiger partial charge is 0.137 e. The lowest BCUT2D eigenvalue weighted by atomic mass is 9.45. The second kappa shape index (κ2) is 4.78. The Morgan fingerprint density at radius 3 is 2.68 bits per heavy atom. The van der Waals surface area contributed by atoms with Gasteiger partial charge in [0.2, 0.25) is 0 Å². The molecule has 3 heteroatoms. The Hall–Kier alpha value is -0.440. The van der Waals surface area contributed by atoms with Crippen LogP contribution in [0, 0.1) is 34.5 Å². The first-order chi connectivity index (χ1) is 10.4. The second-order valence-corrected chi connectivity index (χ2v) is 9.12. The summed E-state index contributed by atoms with van der Waals surface area (Å²) in [5.41, 5.74) is -0.380. The highest BCUT2D eigenvalue weighted by atomic mass is 19.1. The van der Waals surface area contributed by atoms with Gasteiger partial charge in [-0.1, -0.05) is 26.7 Å². The largest absolute Gasteiger partial charge is 0.390 e. The molecular formula is C19H29FO2. The molecule has 0 spiro atoms. The van der Waals surface area contributed by atoms with Gasteiger partial charge in [-0.05, 0) is 55.3 Å². The maximum Gasteiger partial charge on any atom is 0.137 e. The number of ketones is 1. The molecule has 2 nitrogen and oxygen atoms in total. The fraction of sp³-hybridized carbons (Fsp3) is 0.947. The molecule has 0 radical (unpaired) electrons. The zero-order valence-corrected chi connectivity index (χ0v) is 13.9. The van der Waals surface area contributed by atoms with E-state index in [-0.39, 0.29) is 17.3 Å². The Balaban J connectivity index is 1.72. The minimum atomic E-state index is -1.14. The predicted molar refractivity (Wildman–Crippen MR) is 83.0 cm³/mol. The summed E-state index contributed by atoms with van der Waals surface area (Å²) in [6.45, 7) is 4.30. The number of carbonyl (C=O) groups excluding carboxylic acids is 1. The van der Waals surface area contributed by atoms with E-state index < -0.39 is 17.7 Å². The van der Waals surface area contributed by atoms with E-state index in [2.05, 4.69) is 6.92 Å². The van der Waals surface area contributed by atoms with Crippen molar-refractivity contribution >= 4 is 5.78 Å². The molecule has 0 aromatic carbocycles. The highest BCUT2D eigenvalue weighted by molar-refractivity contribution is 5.84. The van der Waals surface area contributed by atoms with Crippen LogP contribution < -0.4 is 0 Å². The zero-order chi connectivity index (χ0) is 15.7. The summed E-state index contributed by atoms with van der Waals surface area (Å²) in [6.07, 6.45) is 6.01. The van der Waals surface area contributed by atoms with Crippen LogP contribution in [0.3, 0.4) is 0 Å². The van der Waals surface area contributed by atoms with E-state index in [9.17, 15) is 14.3 Å². The third kappa shape index (κ3) is 1.78. The first-order valence-corrected chi connectivity index (χ1v) is 9.23. The molecule has 4 rings (SSSR count). The highest BCUT2D eigenvalue weighted by Crippen LogP contribution is 2.65.